The number of ether oxygens (including phenoxy) is 2. The Bertz CT molecular complexity index is 1160. The summed E-state index contributed by atoms with van der Waals surface area (Å²) in [7, 11) is 1.92. The second kappa shape index (κ2) is 11.5. The molecule has 0 aliphatic carbocycles. The highest BCUT2D eigenvalue weighted by Gasteiger charge is 2.20. The quantitative estimate of drug-likeness (QED) is 0.423. The summed E-state index contributed by atoms with van der Waals surface area (Å²) in [5.41, 5.74) is 0.830. The monoisotopic (exact) mass is 503 g/mol. The maximum Gasteiger partial charge on any atom is 0.344 e. The molecule has 0 saturated heterocycles. The molecule has 1 amide bonds. The van der Waals surface area contributed by atoms with Gasteiger partial charge in [-0.1, -0.05) is 37.3 Å². The van der Waals surface area contributed by atoms with Gasteiger partial charge in [-0.05, 0) is 57.2 Å². The average Bonchev–Trinajstić information content (AvgIpc) is 2.74. The first-order valence-corrected chi connectivity index (χ1v) is 12.3. The molecular formula is C26H30ClNO5S. The van der Waals surface area contributed by atoms with Crippen molar-refractivity contribution in [3.05, 3.63) is 58.1 Å². The van der Waals surface area contributed by atoms with Crippen molar-refractivity contribution in [3.63, 3.8) is 0 Å². The molecule has 2 rings (SSSR count). The predicted molar refractivity (Wildman–Crippen MR) is 135 cm³/mol. The van der Waals surface area contributed by atoms with Crippen LogP contribution >= 0.6 is 11.6 Å². The van der Waals surface area contributed by atoms with Crippen LogP contribution in [0.4, 0.5) is 0 Å². The Hall–Kier alpha value is -2.82. The molecule has 2 aromatic carbocycles. The number of nitrogens with zero attached hydrogens (tertiary/aromatic N) is 1. The molecule has 0 heterocycles. The van der Waals surface area contributed by atoms with Crippen LogP contribution in [0.5, 0.6) is 5.75 Å². The molecule has 0 aromatic heterocycles. The van der Waals surface area contributed by atoms with Gasteiger partial charge in [-0.15, -0.1) is 0 Å². The highest BCUT2D eigenvalue weighted by atomic mass is 35.5. The van der Waals surface area contributed by atoms with Gasteiger partial charge < -0.3 is 14.4 Å². The van der Waals surface area contributed by atoms with Crippen LogP contribution in [-0.4, -0.2) is 52.5 Å². The average molecular weight is 504 g/mol. The number of hydrogen-bond donors (Lipinski definition) is 0. The van der Waals surface area contributed by atoms with E-state index in [1.165, 1.54) is 4.90 Å². The van der Waals surface area contributed by atoms with Crippen LogP contribution in [0.2, 0.25) is 5.02 Å². The Labute approximate surface area is 209 Å². The summed E-state index contributed by atoms with van der Waals surface area (Å²) >= 11 is 6.14. The zero-order valence-corrected chi connectivity index (χ0v) is 22.1. The second-order valence-corrected chi connectivity index (χ2v) is 11.4. The van der Waals surface area contributed by atoms with E-state index < -0.39 is 22.4 Å². The Kier molecular flexibility index (Phi) is 9.31. The van der Waals surface area contributed by atoms with Gasteiger partial charge in [0.15, 0.2) is 6.61 Å². The van der Waals surface area contributed by atoms with Gasteiger partial charge in [-0.25, -0.2) is 4.79 Å². The van der Waals surface area contributed by atoms with Gasteiger partial charge in [0.05, 0.1) is 26.8 Å². The van der Waals surface area contributed by atoms with Gasteiger partial charge >= 0.3 is 5.97 Å². The summed E-state index contributed by atoms with van der Waals surface area (Å²) in [5.74, 6) is 5.68. The largest absolute Gasteiger partial charge is 0.481 e. The first-order chi connectivity index (χ1) is 15.8. The molecule has 0 radical (unpaired) electrons. The number of halogens is 1. The lowest BCUT2D eigenvalue weighted by atomic mass is 10.1. The van der Waals surface area contributed by atoms with Gasteiger partial charge in [0.1, 0.15) is 11.4 Å². The van der Waals surface area contributed by atoms with Gasteiger partial charge in [-0.3, -0.25) is 9.00 Å². The Morgan fingerprint density at radius 3 is 2.35 bits per heavy atom. The van der Waals surface area contributed by atoms with Crippen molar-refractivity contribution in [1.29, 1.82) is 0 Å². The molecule has 1 unspecified atom stereocenters. The third-order valence-corrected chi connectivity index (χ3v) is 6.17. The first kappa shape index (κ1) is 27.4. The Morgan fingerprint density at radius 2 is 1.76 bits per heavy atom. The van der Waals surface area contributed by atoms with E-state index in [1.54, 1.807) is 71.3 Å². The number of esters is 1. The van der Waals surface area contributed by atoms with E-state index in [-0.39, 0.29) is 17.8 Å². The lowest BCUT2D eigenvalue weighted by Crippen LogP contribution is -2.27. The summed E-state index contributed by atoms with van der Waals surface area (Å²) in [6, 6.07) is 9.93. The van der Waals surface area contributed by atoms with Crippen molar-refractivity contribution in [2.75, 3.05) is 20.7 Å². The summed E-state index contributed by atoms with van der Waals surface area (Å²) in [6.45, 7) is 8.73. The third kappa shape index (κ3) is 7.89. The fourth-order valence-corrected chi connectivity index (χ4v) is 4.11. The van der Waals surface area contributed by atoms with Crippen LogP contribution < -0.4 is 4.74 Å². The number of hydrogen-bond acceptors (Lipinski definition) is 5. The summed E-state index contributed by atoms with van der Waals surface area (Å²) in [5, 5.41) is 0.292. The number of benzene rings is 2. The van der Waals surface area contributed by atoms with E-state index in [1.807, 2.05) is 13.8 Å². The Morgan fingerprint density at radius 1 is 1.09 bits per heavy atom. The van der Waals surface area contributed by atoms with E-state index in [9.17, 15) is 13.8 Å². The van der Waals surface area contributed by atoms with Gasteiger partial charge in [0.25, 0.3) is 5.91 Å². The molecule has 0 spiro atoms. The molecule has 2 aromatic rings. The fourth-order valence-electron chi connectivity index (χ4n) is 2.81. The van der Waals surface area contributed by atoms with Crippen molar-refractivity contribution in [2.24, 2.45) is 0 Å². The zero-order valence-electron chi connectivity index (χ0n) is 20.5. The molecule has 1 atom stereocenters. The van der Waals surface area contributed by atoms with Crippen molar-refractivity contribution in [1.82, 2.24) is 4.90 Å². The molecular weight excluding hydrogens is 474 g/mol. The maximum atomic E-state index is 12.9. The molecule has 0 aliphatic rings. The molecule has 182 valence electrons. The topological polar surface area (TPSA) is 72.9 Å². The molecule has 0 aliphatic heterocycles. The van der Waals surface area contributed by atoms with Crippen LogP contribution in [-0.2, 0) is 20.3 Å². The van der Waals surface area contributed by atoms with E-state index >= 15 is 0 Å². The SMILES string of the molecule is CC(C)S(=O)c1cc(C#Cc2cc(Cl)ccc2OCC(=O)OC(C)(C)C)ccc1C(=O)N(C)C. The second-order valence-electron chi connectivity index (χ2n) is 9.02. The van der Waals surface area contributed by atoms with Gasteiger partial charge in [0, 0.05) is 29.9 Å². The lowest BCUT2D eigenvalue weighted by molar-refractivity contribution is -0.157. The van der Waals surface area contributed by atoms with Crippen molar-refractivity contribution < 1.29 is 23.3 Å². The van der Waals surface area contributed by atoms with Crippen molar-refractivity contribution >= 4 is 34.3 Å². The highest BCUT2D eigenvalue weighted by Crippen LogP contribution is 2.24. The predicted octanol–water partition coefficient (Wildman–Crippen LogP) is 4.68. The number of rotatable bonds is 6. The van der Waals surface area contributed by atoms with Crippen LogP contribution in [0.3, 0.4) is 0 Å². The van der Waals surface area contributed by atoms with Crippen LogP contribution in [0, 0.1) is 11.8 Å². The van der Waals surface area contributed by atoms with Gasteiger partial charge in [-0.2, -0.15) is 0 Å². The molecule has 0 fully saturated rings. The molecule has 8 heteroatoms. The van der Waals surface area contributed by atoms with E-state index in [0.29, 0.717) is 32.4 Å². The smallest absolute Gasteiger partial charge is 0.344 e. The molecule has 0 saturated carbocycles. The summed E-state index contributed by atoms with van der Waals surface area (Å²) < 4.78 is 23.8. The standard InChI is InChI=1S/C26H30ClNO5S/c1-17(2)34(31)23-14-18(9-12-21(23)25(30)28(6)7)8-10-19-15-20(27)11-13-22(19)32-16-24(29)33-26(3,4)5/h9,11-15,17H,16H2,1-7H3. The third-order valence-electron chi connectivity index (χ3n) is 4.31. The van der Waals surface area contributed by atoms with E-state index in [0.717, 1.165) is 0 Å². The van der Waals surface area contributed by atoms with E-state index in [4.69, 9.17) is 21.1 Å². The molecule has 0 bridgehead atoms. The highest BCUT2D eigenvalue weighted by molar-refractivity contribution is 7.85. The van der Waals surface area contributed by atoms with E-state index in [2.05, 4.69) is 11.8 Å². The minimum atomic E-state index is -1.38. The molecule has 34 heavy (non-hydrogen) atoms. The van der Waals surface area contributed by atoms with Crippen LogP contribution in [0.1, 0.15) is 56.1 Å². The van der Waals surface area contributed by atoms with Crippen molar-refractivity contribution in [2.45, 2.75) is 50.4 Å². The van der Waals surface area contributed by atoms with Crippen LogP contribution in [0.25, 0.3) is 0 Å². The fraction of sp³-hybridized carbons (Fsp3) is 0.385. The minimum Gasteiger partial charge on any atom is -0.481 e. The summed E-state index contributed by atoms with van der Waals surface area (Å²) in [6.07, 6.45) is 0. The minimum absolute atomic E-state index is 0.169. The zero-order chi connectivity index (χ0) is 25.6. The molecule has 0 N–H and O–H groups in total. The van der Waals surface area contributed by atoms with Crippen molar-refractivity contribution in [3.8, 4) is 17.6 Å². The lowest BCUT2D eigenvalue weighted by Gasteiger charge is -2.19. The number of amides is 1. The molecule has 6 nitrogen and oxygen atoms in total. The van der Waals surface area contributed by atoms with Crippen LogP contribution in [0.15, 0.2) is 41.3 Å². The first-order valence-electron chi connectivity index (χ1n) is 10.7. The summed E-state index contributed by atoms with van der Waals surface area (Å²) in [4.78, 5) is 26.5. The normalized spacial score (nSPS) is 11.9. The number of carbonyl (C=O) groups excluding carboxylic acids is 2. The van der Waals surface area contributed by atoms with Gasteiger partial charge in [0.2, 0.25) is 0 Å². The number of carbonyl (C=O) groups is 2. The Balaban J connectivity index is 2.39. The maximum absolute atomic E-state index is 12.9.